The summed E-state index contributed by atoms with van der Waals surface area (Å²) in [4.78, 5) is 23.4. The molecular formula is C20H24N2O4S. The highest BCUT2D eigenvalue weighted by Gasteiger charge is 2.17. The van der Waals surface area contributed by atoms with E-state index in [-0.39, 0.29) is 24.7 Å². The van der Waals surface area contributed by atoms with Crippen molar-refractivity contribution >= 4 is 27.4 Å². The minimum Gasteiger partial charge on any atom is -0.326 e. The van der Waals surface area contributed by atoms with Gasteiger partial charge < -0.3 is 5.32 Å². The Labute approximate surface area is 160 Å². The van der Waals surface area contributed by atoms with E-state index in [4.69, 9.17) is 0 Å². The molecular weight excluding hydrogens is 364 g/mol. The van der Waals surface area contributed by atoms with Gasteiger partial charge in [-0.3, -0.25) is 9.59 Å². The Morgan fingerprint density at radius 1 is 0.963 bits per heavy atom. The van der Waals surface area contributed by atoms with Crippen molar-refractivity contribution < 1.29 is 18.0 Å². The number of hydrogen-bond acceptors (Lipinski definition) is 4. The molecule has 6 nitrogen and oxygen atoms in total. The van der Waals surface area contributed by atoms with E-state index >= 15 is 0 Å². The van der Waals surface area contributed by atoms with Crippen LogP contribution < -0.4 is 5.32 Å². The number of sulfonamides is 1. The van der Waals surface area contributed by atoms with Gasteiger partial charge in [-0.05, 0) is 43.2 Å². The van der Waals surface area contributed by atoms with Gasteiger partial charge in [0.15, 0.2) is 5.78 Å². The molecule has 7 heteroatoms. The molecule has 0 saturated heterocycles. The predicted octanol–water partition coefficient (Wildman–Crippen LogP) is 2.72. The number of carbonyl (C=O) groups excluding carboxylic acids is 2. The minimum atomic E-state index is -3.40. The highest BCUT2D eigenvalue weighted by Crippen LogP contribution is 2.11. The molecule has 1 N–H and O–H groups in total. The second-order valence-corrected chi connectivity index (χ2v) is 8.31. The second kappa shape index (κ2) is 9.43. The van der Waals surface area contributed by atoms with Gasteiger partial charge in [0.25, 0.3) is 0 Å². The molecule has 0 fully saturated rings. The summed E-state index contributed by atoms with van der Waals surface area (Å²) in [6, 6.07) is 16.2. The van der Waals surface area contributed by atoms with E-state index in [9.17, 15) is 18.0 Å². The van der Waals surface area contributed by atoms with Gasteiger partial charge in [0.1, 0.15) is 0 Å². The third-order valence-electron chi connectivity index (χ3n) is 4.13. The summed E-state index contributed by atoms with van der Waals surface area (Å²) in [7, 11) is -3.40. The molecule has 0 atom stereocenters. The Morgan fingerprint density at radius 3 is 2.15 bits per heavy atom. The minimum absolute atomic E-state index is 0.0462. The smallest absolute Gasteiger partial charge is 0.225 e. The van der Waals surface area contributed by atoms with Gasteiger partial charge in [-0.2, -0.15) is 0 Å². The zero-order chi connectivity index (χ0) is 19.9. The molecule has 2 rings (SSSR count). The molecule has 2 aromatic rings. The lowest BCUT2D eigenvalue weighted by Crippen LogP contribution is -2.34. The predicted molar refractivity (Wildman–Crippen MR) is 106 cm³/mol. The van der Waals surface area contributed by atoms with Gasteiger partial charge in [-0.15, -0.1) is 0 Å². The van der Waals surface area contributed by atoms with Gasteiger partial charge in [0.2, 0.25) is 15.9 Å². The SMILES string of the molecule is CC(=O)c1ccc(NC(=O)CCN(CCc2ccccc2)S(C)(=O)=O)cc1. The maximum Gasteiger partial charge on any atom is 0.225 e. The Balaban J connectivity index is 1.89. The van der Waals surface area contributed by atoms with Gasteiger partial charge in [0, 0.05) is 30.8 Å². The first kappa shape index (κ1) is 20.8. The Bertz CT molecular complexity index is 878. The molecule has 2 aromatic carbocycles. The summed E-state index contributed by atoms with van der Waals surface area (Å²) in [5, 5.41) is 2.72. The summed E-state index contributed by atoms with van der Waals surface area (Å²) in [5.74, 6) is -0.325. The van der Waals surface area contributed by atoms with Gasteiger partial charge in [-0.25, -0.2) is 12.7 Å². The second-order valence-electron chi connectivity index (χ2n) is 6.33. The number of rotatable bonds is 9. The van der Waals surface area contributed by atoms with Crippen LogP contribution in [0, 0.1) is 0 Å². The summed E-state index contributed by atoms with van der Waals surface area (Å²) >= 11 is 0. The van der Waals surface area contributed by atoms with Crippen molar-refractivity contribution in [1.82, 2.24) is 4.31 Å². The monoisotopic (exact) mass is 388 g/mol. The van der Waals surface area contributed by atoms with Crippen LogP contribution in [0.25, 0.3) is 0 Å². The number of Topliss-reactive ketones (excluding diaryl/α,β-unsaturated/α-hetero) is 1. The van der Waals surface area contributed by atoms with Crippen LogP contribution in [0.15, 0.2) is 54.6 Å². The fourth-order valence-electron chi connectivity index (χ4n) is 2.58. The maximum atomic E-state index is 12.1. The molecule has 144 valence electrons. The van der Waals surface area contributed by atoms with E-state index < -0.39 is 10.0 Å². The van der Waals surface area contributed by atoms with Crippen LogP contribution >= 0.6 is 0 Å². The fourth-order valence-corrected chi connectivity index (χ4v) is 3.43. The highest BCUT2D eigenvalue weighted by molar-refractivity contribution is 7.88. The third kappa shape index (κ3) is 6.96. The van der Waals surface area contributed by atoms with Gasteiger partial charge >= 0.3 is 0 Å². The average Bonchev–Trinajstić information content (AvgIpc) is 2.62. The van der Waals surface area contributed by atoms with Crippen molar-refractivity contribution in [3.63, 3.8) is 0 Å². The lowest BCUT2D eigenvalue weighted by molar-refractivity contribution is -0.116. The van der Waals surface area contributed by atoms with Crippen molar-refractivity contribution in [3.05, 3.63) is 65.7 Å². The molecule has 0 aromatic heterocycles. The van der Waals surface area contributed by atoms with Crippen LogP contribution in [0.4, 0.5) is 5.69 Å². The third-order valence-corrected chi connectivity index (χ3v) is 5.43. The lowest BCUT2D eigenvalue weighted by atomic mass is 10.1. The summed E-state index contributed by atoms with van der Waals surface area (Å²) in [6.07, 6.45) is 1.79. The van der Waals surface area contributed by atoms with Crippen molar-refractivity contribution in [3.8, 4) is 0 Å². The summed E-state index contributed by atoms with van der Waals surface area (Å²) in [6.45, 7) is 1.91. The molecule has 0 heterocycles. The number of nitrogens with zero attached hydrogens (tertiary/aromatic N) is 1. The summed E-state index contributed by atoms with van der Waals surface area (Å²) in [5.41, 5.74) is 2.18. The highest BCUT2D eigenvalue weighted by atomic mass is 32.2. The summed E-state index contributed by atoms with van der Waals surface area (Å²) < 4.78 is 25.3. The van der Waals surface area contributed by atoms with E-state index in [1.807, 2.05) is 30.3 Å². The van der Waals surface area contributed by atoms with Crippen molar-refractivity contribution in [2.75, 3.05) is 24.7 Å². The first-order chi connectivity index (χ1) is 12.8. The number of nitrogens with one attached hydrogen (secondary N) is 1. The number of hydrogen-bond donors (Lipinski definition) is 1. The van der Waals surface area contributed by atoms with Crippen molar-refractivity contribution in [2.24, 2.45) is 0 Å². The molecule has 0 aliphatic heterocycles. The van der Waals surface area contributed by atoms with Crippen LogP contribution in [0.5, 0.6) is 0 Å². The fraction of sp³-hybridized carbons (Fsp3) is 0.300. The Hall–Kier alpha value is -2.51. The molecule has 1 amide bonds. The van der Waals surface area contributed by atoms with Crippen LogP contribution in [0.1, 0.15) is 29.3 Å². The number of benzene rings is 2. The number of anilines is 1. The maximum absolute atomic E-state index is 12.1. The quantitative estimate of drug-likeness (QED) is 0.670. The topological polar surface area (TPSA) is 83.6 Å². The van der Waals surface area contributed by atoms with E-state index in [1.54, 1.807) is 24.3 Å². The average molecular weight is 388 g/mol. The Kier molecular flexibility index (Phi) is 7.27. The van der Waals surface area contributed by atoms with E-state index in [2.05, 4.69) is 5.32 Å². The van der Waals surface area contributed by atoms with E-state index in [1.165, 1.54) is 11.2 Å². The molecule has 0 spiro atoms. The number of ketones is 1. The Morgan fingerprint density at radius 2 is 1.59 bits per heavy atom. The van der Waals surface area contributed by atoms with Gasteiger partial charge in [0.05, 0.1) is 6.26 Å². The zero-order valence-corrected chi connectivity index (χ0v) is 16.3. The van der Waals surface area contributed by atoms with Crippen LogP contribution in [0.2, 0.25) is 0 Å². The number of amides is 1. The van der Waals surface area contributed by atoms with Crippen molar-refractivity contribution in [2.45, 2.75) is 19.8 Å². The van der Waals surface area contributed by atoms with E-state index in [0.29, 0.717) is 24.2 Å². The molecule has 0 aliphatic carbocycles. The van der Waals surface area contributed by atoms with Gasteiger partial charge in [-0.1, -0.05) is 30.3 Å². The standard InChI is InChI=1S/C20H24N2O4S/c1-16(23)18-8-10-19(11-9-18)21-20(24)13-15-22(27(2,25)26)14-12-17-6-4-3-5-7-17/h3-11H,12-15H2,1-2H3,(H,21,24). The first-order valence-electron chi connectivity index (χ1n) is 8.65. The van der Waals surface area contributed by atoms with Crippen LogP contribution in [0.3, 0.4) is 0 Å². The molecule has 27 heavy (non-hydrogen) atoms. The lowest BCUT2D eigenvalue weighted by Gasteiger charge is -2.19. The number of carbonyl (C=O) groups is 2. The molecule has 0 unspecified atom stereocenters. The normalized spacial score (nSPS) is 11.4. The molecule has 0 radical (unpaired) electrons. The molecule has 0 saturated carbocycles. The van der Waals surface area contributed by atoms with Crippen molar-refractivity contribution in [1.29, 1.82) is 0 Å². The van der Waals surface area contributed by atoms with Crippen LogP contribution in [-0.4, -0.2) is 43.8 Å². The first-order valence-corrected chi connectivity index (χ1v) is 10.5. The molecule has 0 aliphatic rings. The molecule has 0 bridgehead atoms. The largest absolute Gasteiger partial charge is 0.326 e. The zero-order valence-electron chi connectivity index (χ0n) is 15.5. The van der Waals surface area contributed by atoms with E-state index in [0.717, 1.165) is 11.8 Å². The van der Waals surface area contributed by atoms with Crippen LogP contribution in [-0.2, 0) is 21.2 Å².